The molecule has 1 fully saturated rings. The van der Waals surface area contributed by atoms with E-state index >= 15 is 0 Å². The maximum absolute atomic E-state index is 6.77. The van der Waals surface area contributed by atoms with Crippen molar-refractivity contribution < 1.29 is 4.74 Å². The summed E-state index contributed by atoms with van der Waals surface area (Å²) in [6.07, 6.45) is 27.3. The number of allylic oxidation sites excluding steroid dienone is 6. The summed E-state index contributed by atoms with van der Waals surface area (Å²) in [7, 11) is -1.49. The number of benzene rings is 3. The van der Waals surface area contributed by atoms with Crippen molar-refractivity contribution in [3.8, 4) is 0 Å². The quantitative estimate of drug-likeness (QED) is 0.268. The number of rotatable bonds is 6. The van der Waals surface area contributed by atoms with Crippen LogP contribution in [0.3, 0.4) is 0 Å². The lowest BCUT2D eigenvalue weighted by molar-refractivity contribution is 0.0797. The van der Waals surface area contributed by atoms with Crippen LogP contribution in [0.4, 0.5) is 5.69 Å². The van der Waals surface area contributed by atoms with Crippen LogP contribution in [0, 0.1) is 5.92 Å². The summed E-state index contributed by atoms with van der Waals surface area (Å²) < 4.78 is 6.77. The molecule has 0 N–H and O–H groups in total. The average Bonchev–Trinajstić information content (AvgIpc) is 3.71. The molecule has 0 spiro atoms. The predicted molar refractivity (Wildman–Crippen MR) is 181 cm³/mol. The first-order valence-corrected chi connectivity index (χ1v) is 17.9. The van der Waals surface area contributed by atoms with Gasteiger partial charge in [0.25, 0.3) is 0 Å². The standard InChI is InChI=1S/C40H41NOS/c1-5-15-30(16-6-1)40-28-35(29-42-40)43(32-19-9-3-10-20-32,33-21-11-4-12-22-33)34-25-26-39-37(27-34)36-23-13-14-24-38(36)41(39)31-17-7-2-8-18-31/h1,3-7,9-15,17-26,30,34-35,37,39-40H,2,8,16,27-29H2. The van der Waals surface area contributed by atoms with Gasteiger partial charge in [-0.05, 0) is 83.9 Å². The highest BCUT2D eigenvalue weighted by Crippen LogP contribution is 2.73. The van der Waals surface area contributed by atoms with Gasteiger partial charge in [-0.2, -0.15) is 10.0 Å². The summed E-state index contributed by atoms with van der Waals surface area (Å²) >= 11 is 0. The molecular formula is C40H41NOS. The largest absolute Gasteiger partial charge is 0.376 e. The lowest BCUT2D eigenvalue weighted by atomic mass is 9.86. The molecule has 3 aromatic rings. The first kappa shape index (κ1) is 27.0. The highest BCUT2D eigenvalue weighted by Gasteiger charge is 2.51. The lowest BCUT2D eigenvalue weighted by Crippen LogP contribution is -2.38. The number of anilines is 1. The molecule has 218 valence electrons. The normalized spacial score (nSPS) is 29.8. The van der Waals surface area contributed by atoms with Crippen molar-refractivity contribution in [1.82, 2.24) is 0 Å². The molecule has 3 heteroatoms. The molecule has 0 bridgehead atoms. The van der Waals surface area contributed by atoms with E-state index in [0.717, 1.165) is 38.7 Å². The van der Waals surface area contributed by atoms with E-state index in [1.165, 1.54) is 26.7 Å². The van der Waals surface area contributed by atoms with Gasteiger partial charge in [-0.15, -0.1) is 0 Å². The van der Waals surface area contributed by atoms with Gasteiger partial charge in [0.1, 0.15) is 0 Å². The maximum Gasteiger partial charge on any atom is 0.0652 e. The van der Waals surface area contributed by atoms with Crippen molar-refractivity contribution in [2.75, 3.05) is 11.5 Å². The van der Waals surface area contributed by atoms with Crippen molar-refractivity contribution in [3.63, 3.8) is 0 Å². The summed E-state index contributed by atoms with van der Waals surface area (Å²) in [5, 5.41) is 0.890. The van der Waals surface area contributed by atoms with E-state index < -0.39 is 10.0 Å². The van der Waals surface area contributed by atoms with Crippen molar-refractivity contribution in [1.29, 1.82) is 0 Å². The zero-order valence-electron chi connectivity index (χ0n) is 24.7. The number of hydrogen-bond acceptors (Lipinski definition) is 2. The van der Waals surface area contributed by atoms with E-state index in [1.807, 2.05) is 0 Å². The van der Waals surface area contributed by atoms with E-state index in [0.29, 0.717) is 28.4 Å². The molecule has 2 nitrogen and oxygen atoms in total. The minimum Gasteiger partial charge on any atom is -0.376 e. The minimum absolute atomic E-state index is 0.276. The Balaban J connectivity index is 1.25. The minimum atomic E-state index is -1.49. The predicted octanol–water partition coefficient (Wildman–Crippen LogP) is 9.73. The third-order valence-electron chi connectivity index (χ3n) is 10.3. The molecule has 1 saturated heterocycles. The number of hydrogen-bond donors (Lipinski definition) is 0. The van der Waals surface area contributed by atoms with Gasteiger partial charge in [0.15, 0.2) is 0 Å². The van der Waals surface area contributed by atoms with Crippen molar-refractivity contribution in [2.24, 2.45) is 5.92 Å². The molecular weight excluding hydrogens is 543 g/mol. The monoisotopic (exact) mass is 583 g/mol. The highest BCUT2D eigenvalue weighted by molar-refractivity contribution is 8.34. The molecule has 2 aliphatic heterocycles. The zero-order chi connectivity index (χ0) is 28.6. The molecule has 0 amide bonds. The fourth-order valence-corrected chi connectivity index (χ4v) is 13.5. The van der Waals surface area contributed by atoms with Gasteiger partial charge in [0.2, 0.25) is 0 Å². The second-order valence-corrected chi connectivity index (χ2v) is 16.2. The molecule has 3 aliphatic carbocycles. The van der Waals surface area contributed by atoms with E-state index in [2.05, 4.69) is 145 Å². The van der Waals surface area contributed by atoms with Crippen LogP contribution in [0.25, 0.3) is 0 Å². The molecule has 43 heavy (non-hydrogen) atoms. The highest BCUT2D eigenvalue weighted by atomic mass is 32.3. The van der Waals surface area contributed by atoms with Crippen molar-refractivity contribution in [2.45, 2.75) is 70.5 Å². The molecule has 0 radical (unpaired) electrons. The van der Waals surface area contributed by atoms with E-state index in [4.69, 9.17) is 4.74 Å². The Morgan fingerprint density at radius 3 is 2.21 bits per heavy atom. The second-order valence-electron chi connectivity index (χ2n) is 12.6. The molecule has 0 aromatic heterocycles. The summed E-state index contributed by atoms with van der Waals surface area (Å²) in [5.74, 6) is 0.934. The Morgan fingerprint density at radius 1 is 0.721 bits per heavy atom. The Morgan fingerprint density at radius 2 is 1.49 bits per heavy atom. The molecule has 5 aliphatic rings. The van der Waals surface area contributed by atoms with Crippen LogP contribution in [-0.2, 0) is 4.74 Å². The average molecular weight is 584 g/mol. The summed E-state index contributed by atoms with van der Waals surface area (Å²) in [5.41, 5.74) is 4.26. The van der Waals surface area contributed by atoms with E-state index in [-0.39, 0.29) is 6.10 Å². The Labute approximate surface area is 258 Å². The maximum atomic E-state index is 6.77. The van der Waals surface area contributed by atoms with Gasteiger partial charge in [-0.1, -0.05) is 103 Å². The zero-order valence-corrected chi connectivity index (χ0v) is 25.6. The Bertz CT molecular complexity index is 1560. The third kappa shape index (κ3) is 4.60. The summed E-state index contributed by atoms with van der Waals surface area (Å²) in [6, 6.07) is 32.6. The molecule has 6 unspecified atom stereocenters. The third-order valence-corrected chi connectivity index (χ3v) is 15.1. The smallest absolute Gasteiger partial charge is 0.0652 e. The second kappa shape index (κ2) is 11.5. The molecule has 3 aromatic carbocycles. The number of ether oxygens (including phenoxy) is 1. The van der Waals surface area contributed by atoms with Crippen LogP contribution >= 0.6 is 10.0 Å². The van der Waals surface area contributed by atoms with Crippen LogP contribution < -0.4 is 4.90 Å². The summed E-state index contributed by atoms with van der Waals surface area (Å²) in [6.45, 7) is 0.830. The summed E-state index contributed by atoms with van der Waals surface area (Å²) in [4.78, 5) is 5.63. The SMILES string of the molecule is C1=CCC(C2CC(S(c3ccccc3)(c3ccccc3)C3C=CC4C(C3)c3ccccc3N4C3=CCCC=C3)CO2)C=C1. The van der Waals surface area contributed by atoms with Gasteiger partial charge in [0, 0.05) is 33.7 Å². The van der Waals surface area contributed by atoms with Crippen LogP contribution in [0.1, 0.15) is 43.6 Å². The van der Waals surface area contributed by atoms with Gasteiger partial charge in [-0.3, -0.25) is 0 Å². The van der Waals surface area contributed by atoms with Crippen molar-refractivity contribution in [3.05, 3.63) is 151 Å². The van der Waals surface area contributed by atoms with Gasteiger partial charge < -0.3 is 9.64 Å². The first-order chi connectivity index (χ1) is 21.3. The molecule has 2 heterocycles. The first-order valence-electron chi connectivity index (χ1n) is 16.1. The van der Waals surface area contributed by atoms with Gasteiger partial charge >= 0.3 is 0 Å². The molecule has 8 rings (SSSR count). The fraction of sp³-hybridized carbons (Fsp3) is 0.300. The van der Waals surface area contributed by atoms with Crippen LogP contribution in [0.15, 0.2) is 155 Å². The van der Waals surface area contributed by atoms with Crippen LogP contribution in [-0.4, -0.2) is 29.3 Å². The fourth-order valence-electron chi connectivity index (χ4n) is 8.43. The topological polar surface area (TPSA) is 12.5 Å². The number of para-hydroxylation sites is 1. The van der Waals surface area contributed by atoms with Crippen LogP contribution in [0.2, 0.25) is 0 Å². The van der Waals surface area contributed by atoms with E-state index in [9.17, 15) is 0 Å². The van der Waals surface area contributed by atoms with E-state index in [1.54, 1.807) is 0 Å². The van der Waals surface area contributed by atoms with Crippen LogP contribution in [0.5, 0.6) is 0 Å². The Kier molecular flexibility index (Phi) is 7.25. The molecule has 6 atom stereocenters. The lowest BCUT2D eigenvalue weighted by Gasteiger charge is -2.52. The van der Waals surface area contributed by atoms with Crippen molar-refractivity contribution >= 4 is 15.7 Å². The van der Waals surface area contributed by atoms with Gasteiger partial charge in [0.05, 0.1) is 18.8 Å². The number of nitrogens with zero attached hydrogens (tertiary/aromatic N) is 1. The number of fused-ring (bicyclic) bond motifs is 3. The Hall–Kier alpha value is -3.53. The molecule has 0 saturated carbocycles. The van der Waals surface area contributed by atoms with Gasteiger partial charge in [-0.25, -0.2) is 0 Å².